The minimum absolute atomic E-state index is 0.412. The van der Waals surface area contributed by atoms with Gasteiger partial charge in [0.25, 0.3) is 0 Å². The average Bonchev–Trinajstić information content (AvgIpc) is 2.02. The third kappa shape index (κ3) is 4.99. The molecule has 0 bridgehead atoms. The van der Waals surface area contributed by atoms with Gasteiger partial charge in [-0.15, -0.1) is 0 Å². The first-order valence-corrected chi connectivity index (χ1v) is 5.87. The van der Waals surface area contributed by atoms with Crippen molar-refractivity contribution in [3.8, 4) is 0 Å². The highest BCUT2D eigenvalue weighted by atomic mass is 14.8. The van der Waals surface area contributed by atoms with Crippen molar-refractivity contribution in [2.45, 2.75) is 54.4 Å². The molecule has 0 fully saturated rings. The summed E-state index contributed by atoms with van der Waals surface area (Å²) in [4.78, 5) is 0. The van der Waals surface area contributed by atoms with Gasteiger partial charge in [-0.2, -0.15) is 0 Å². The molecule has 0 aromatic carbocycles. The largest absolute Gasteiger partial charge is 0.319 e. The predicted octanol–water partition coefficient (Wildman–Crippen LogP) is 3.69. The topological polar surface area (TPSA) is 12.0 Å². The maximum absolute atomic E-state index is 3.32. The molecule has 0 rings (SSSR count). The van der Waals surface area contributed by atoms with Crippen LogP contribution in [0, 0.1) is 16.7 Å². The lowest BCUT2D eigenvalue weighted by Gasteiger charge is -2.36. The zero-order valence-electron chi connectivity index (χ0n) is 11.2. The second kappa shape index (κ2) is 5.16. The smallest absolute Gasteiger partial charge is 0.00183 e. The monoisotopic (exact) mass is 199 g/mol. The van der Waals surface area contributed by atoms with Gasteiger partial charge in [-0.1, -0.05) is 48.0 Å². The Morgan fingerprint density at radius 1 is 1.07 bits per heavy atom. The molecule has 1 N–H and O–H groups in total. The van der Waals surface area contributed by atoms with Crippen molar-refractivity contribution < 1.29 is 0 Å². The van der Waals surface area contributed by atoms with Gasteiger partial charge in [0.15, 0.2) is 0 Å². The van der Waals surface area contributed by atoms with Gasteiger partial charge in [0.1, 0.15) is 0 Å². The Balaban J connectivity index is 4.38. The summed E-state index contributed by atoms with van der Waals surface area (Å²) in [6.45, 7) is 15.2. The lowest BCUT2D eigenvalue weighted by atomic mass is 9.70. The van der Waals surface area contributed by atoms with Crippen LogP contribution in [0.3, 0.4) is 0 Å². The van der Waals surface area contributed by atoms with Gasteiger partial charge in [0.2, 0.25) is 0 Å². The summed E-state index contributed by atoms with van der Waals surface area (Å²) in [6, 6.07) is 0. The molecule has 0 aliphatic heterocycles. The van der Waals surface area contributed by atoms with Crippen LogP contribution in [-0.2, 0) is 0 Å². The zero-order chi connectivity index (χ0) is 11.4. The summed E-state index contributed by atoms with van der Waals surface area (Å²) in [5, 5.41) is 3.32. The van der Waals surface area contributed by atoms with Crippen LogP contribution < -0.4 is 5.32 Å². The van der Waals surface area contributed by atoms with E-state index in [1.165, 1.54) is 12.8 Å². The number of nitrogens with one attached hydrogen (secondary N) is 1. The molecule has 0 radical (unpaired) electrons. The zero-order valence-corrected chi connectivity index (χ0v) is 11.2. The fourth-order valence-corrected chi connectivity index (χ4v) is 1.74. The lowest BCUT2D eigenvalue weighted by Crippen LogP contribution is -2.33. The molecule has 0 heterocycles. The first kappa shape index (κ1) is 14.0. The number of hydrogen-bond acceptors (Lipinski definition) is 1. The van der Waals surface area contributed by atoms with Crippen LogP contribution in [0.25, 0.3) is 0 Å². The Labute approximate surface area is 90.7 Å². The van der Waals surface area contributed by atoms with E-state index in [9.17, 15) is 0 Å². The van der Waals surface area contributed by atoms with E-state index in [0.29, 0.717) is 10.8 Å². The fraction of sp³-hybridized carbons (Fsp3) is 1.00. The van der Waals surface area contributed by atoms with Gasteiger partial charge < -0.3 is 5.32 Å². The van der Waals surface area contributed by atoms with Crippen LogP contribution in [0.1, 0.15) is 54.4 Å². The number of rotatable bonds is 5. The van der Waals surface area contributed by atoms with Gasteiger partial charge in [0, 0.05) is 0 Å². The van der Waals surface area contributed by atoms with Gasteiger partial charge in [-0.25, -0.2) is 0 Å². The van der Waals surface area contributed by atoms with E-state index in [0.717, 1.165) is 12.5 Å². The predicted molar refractivity (Wildman–Crippen MR) is 65.6 cm³/mol. The summed E-state index contributed by atoms with van der Waals surface area (Å²) in [5.41, 5.74) is 0.893. The first-order chi connectivity index (χ1) is 6.23. The fourth-order valence-electron chi connectivity index (χ4n) is 1.74. The molecule has 0 aliphatic carbocycles. The lowest BCUT2D eigenvalue weighted by molar-refractivity contribution is 0.150. The van der Waals surface area contributed by atoms with Crippen molar-refractivity contribution in [2.75, 3.05) is 13.6 Å². The SMILES string of the molecule is CCC(C)(C)CC(CNC)C(C)(C)C. The Hall–Kier alpha value is -0.0400. The summed E-state index contributed by atoms with van der Waals surface area (Å²) >= 11 is 0. The van der Waals surface area contributed by atoms with Crippen molar-refractivity contribution in [2.24, 2.45) is 16.7 Å². The summed E-state index contributed by atoms with van der Waals surface area (Å²) in [5.74, 6) is 0.766. The molecular weight excluding hydrogens is 170 g/mol. The Bertz CT molecular complexity index is 150. The summed E-state index contributed by atoms with van der Waals surface area (Å²) < 4.78 is 0. The molecule has 0 saturated carbocycles. The second-order valence-corrected chi connectivity index (χ2v) is 6.34. The molecule has 0 aromatic rings. The molecule has 1 heteroatoms. The van der Waals surface area contributed by atoms with E-state index >= 15 is 0 Å². The molecular formula is C13H29N. The van der Waals surface area contributed by atoms with Gasteiger partial charge in [-0.05, 0) is 36.8 Å². The van der Waals surface area contributed by atoms with Crippen molar-refractivity contribution in [1.82, 2.24) is 5.32 Å². The molecule has 86 valence electrons. The highest BCUT2D eigenvalue weighted by Gasteiger charge is 2.29. The minimum Gasteiger partial charge on any atom is -0.319 e. The van der Waals surface area contributed by atoms with Gasteiger partial charge >= 0.3 is 0 Å². The maximum Gasteiger partial charge on any atom is -0.00183 e. The van der Waals surface area contributed by atoms with Crippen LogP contribution in [0.5, 0.6) is 0 Å². The van der Waals surface area contributed by atoms with Gasteiger partial charge in [-0.3, -0.25) is 0 Å². The van der Waals surface area contributed by atoms with Crippen molar-refractivity contribution in [3.63, 3.8) is 0 Å². The molecule has 0 saturated heterocycles. The third-order valence-corrected chi connectivity index (χ3v) is 3.43. The van der Waals surface area contributed by atoms with E-state index in [1.54, 1.807) is 0 Å². The molecule has 0 amide bonds. The minimum atomic E-state index is 0.412. The van der Waals surface area contributed by atoms with E-state index in [4.69, 9.17) is 0 Å². The van der Waals surface area contributed by atoms with E-state index < -0.39 is 0 Å². The first-order valence-electron chi connectivity index (χ1n) is 5.87. The van der Waals surface area contributed by atoms with E-state index in [1.807, 2.05) is 0 Å². The van der Waals surface area contributed by atoms with Crippen LogP contribution in [0.15, 0.2) is 0 Å². The molecule has 0 spiro atoms. The normalized spacial score (nSPS) is 15.6. The Kier molecular flexibility index (Phi) is 5.14. The molecule has 1 nitrogen and oxygen atoms in total. The summed E-state index contributed by atoms with van der Waals surface area (Å²) in [7, 11) is 2.05. The van der Waals surface area contributed by atoms with Crippen LogP contribution in [0.4, 0.5) is 0 Å². The van der Waals surface area contributed by atoms with Crippen molar-refractivity contribution in [3.05, 3.63) is 0 Å². The third-order valence-electron chi connectivity index (χ3n) is 3.43. The molecule has 1 unspecified atom stereocenters. The molecule has 0 aromatic heterocycles. The molecule has 14 heavy (non-hydrogen) atoms. The van der Waals surface area contributed by atoms with Crippen molar-refractivity contribution >= 4 is 0 Å². The standard InChI is InChI=1S/C13H29N/c1-8-13(5,6)9-11(10-14-7)12(2,3)4/h11,14H,8-10H2,1-7H3. The highest BCUT2D eigenvalue weighted by Crippen LogP contribution is 2.37. The highest BCUT2D eigenvalue weighted by molar-refractivity contribution is 4.81. The van der Waals surface area contributed by atoms with E-state index in [-0.39, 0.29) is 0 Å². The quantitative estimate of drug-likeness (QED) is 0.712. The van der Waals surface area contributed by atoms with E-state index in [2.05, 4.69) is 53.9 Å². The second-order valence-electron chi connectivity index (χ2n) is 6.34. The Morgan fingerprint density at radius 3 is 1.86 bits per heavy atom. The number of hydrogen-bond donors (Lipinski definition) is 1. The molecule has 1 atom stereocenters. The molecule has 0 aliphatic rings. The Morgan fingerprint density at radius 2 is 1.57 bits per heavy atom. The van der Waals surface area contributed by atoms with Crippen LogP contribution in [0.2, 0.25) is 0 Å². The van der Waals surface area contributed by atoms with Gasteiger partial charge in [0.05, 0.1) is 0 Å². The van der Waals surface area contributed by atoms with Crippen molar-refractivity contribution in [1.29, 1.82) is 0 Å². The average molecular weight is 199 g/mol. The van der Waals surface area contributed by atoms with Crippen LogP contribution >= 0.6 is 0 Å². The van der Waals surface area contributed by atoms with Crippen LogP contribution in [-0.4, -0.2) is 13.6 Å². The summed E-state index contributed by atoms with van der Waals surface area (Å²) in [6.07, 6.45) is 2.58. The maximum atomic E-state index is 3.32.